The lowest BCUT2D eigenvalue weighted by molar-refractivity contribution is -0.142. The number of carbonyl (C=O) groups excluding carboxylic acids is 1. The van der Waals surface area contributed by atoms with Crippen molar-refractivity contribution in [1.29, 1.82) is 0 Å². The number of aromatic nitrogens is 4. The lowest BCUT2D eigenvalue weighted by Gasteiger charge is -2.10. The minimum atomic E-state index is -4.59. The summed E-state index contributed by atoms with van der Waals surface area (Å²) in [4.78, 5) is 12.8. The number of nitrogens with zero attached hydrogens (tertiary/aromatic N) is 4. The number of benzene rings is 1. The van der Waals surface area contributed by atoms with Crippen LogP contribution in [0.2, 0.25) is 0 Å². The molecule has 170 valence electrons. The fourth-order valence-corrected chi connectivity index (χ4v) is 4.63. The van der Waals surface area contributed by atoms with E-state index in [1.807, 2.05) is 42.8 Å². The first-order chi connectivity index (χ1) is 15.1. The molecule has 1 saturated carbocycles. The number of anilines is 1. The standard InChI is InChI=1S/C22H23BrF3N5O/c1-12-6-4-5-7-16(12)10-30-14(3)19(13(2)28-30)27-17(32)11-31-20(15-8-9-15)18(23)21(29-31)22(24,25)26/h4-7,15H,8-11H2,1-3H3,(H,27,32). The summed E-state index contributed by atoms with van der Waals surface area (Å²) in [6, 6.07) is 7.99. The van der Waals surface area contributed by atoms with Crippen molar-refractivity contribution in [3.63, 3.8) is 0 Å². The van der Waals surface area contributed by atoms with Crippen LogP contribution in [0.5, 0.6) is 0 Å². The Hall–Kier alpha value is -2.62. The van der Waals surface area contributed by atoms with Gasteiger partial charge in [0.1, 0.15) is 6.54 Å². The van der Waals surface area contributed by atoms with Crippen molar-refractivity contribution in [1.82, 2.24) is 19.6 Å². The summed E-state index contributed by atoms with van der Waals surface area (Å²) in [6.45, 7) is 5.93. The first kappa shape index (κ1) is 22.6. The molecule has 2 heterocycles. The van der Waals surface area contributed by atoms with Crippen LogP contribution < -0.4 is 5.32 Å². The maximum atomic E-state index is 13.3. The first-order valence-corrected chi connectivity index (χ1v) is 11.1. The van der Waals surface area contributed by atoms with E-state index in [1.54, 1.807) is 6.92 Å². The molecule has 6 nitrogen and oxygen atoms in total. The topological polar surface area (TPSA) is 64.7 Å². The fourth-order valence-electron chi connectivity index (χ4n) is 3.80. The average molecular weight is 510 g/mol. The van der Waals surface area contributed by atoms with Gasteiger partial charge in [0.25, 0.3) is 0 Å². The van der Waals surface area contributed by atoms with Crippen LogP contribution in [0, 0.1) is 20.8 Å². The number of carbonyl (C=O) groups is 1. The number of nitrogens with one attached hydrogen (secondary N) is 1. The van der Waals surface area contributed by atoms with Crippen molar-refractivity contribution in [2.75, 3.05) is 5.32 Å². The highest BCUT2D eigenvalue weighted by Gasteiger charge is 2.42. The summed E-state index contributed by atoms with van der Waals surface area (Å²) >= 11 is 3.05. The third kappa shape index (κ3) is 4.46. The van der Waals surface area contributed by atoms with Crippen molar-refractivity contribution < 1.29 is 18.0 Å². The van der Waals surface area contributed by atoms with Gasteiger partial charge >= 0.3 is 6.18 Å². The van der Waals surface area contributed by atoms with E-state index in [9.17, 15) is 18.0 Å². The quantitative estimate of drug-likeness (QED) is 0.487. The van der Waals surface area contributed by atoms with Crippen LogP contribution in [0.4, 0.5) is 18.9 Å². The molecule has 32 heavy (non-hydrogen) atoms. The number of hydrogen-bond acceptors (Lipinski definition) is 3. The van der Waals surface area contributed by atoms with Crippen LogP contribution in [-0.2, 0) is 24.1 Å². The Morgan fingerprint density at radius 2 is 1.84 bits per heavy atom. The molecule has 1 amide bonds. The molecule has 0 unspecified atom stereocenters. The van der Waals surface area contributed by atoms with Crippen molar-refractivity contribution in [3.8, 4) is 0 Å². The summed E-state index contributed by atoms with van der Waals surface area (Å²) in [6.07, 6.45) is -3.02. The van der Waals surface area contributed by atoms with Gasteiger partial charge in [-0.3, -0.25) is 14.2 Å². The van der Waals surface area contributed by atoms with E-state index in [0.29, 0.717) is 23.6 Å². The molecular weight excluding hydrogens is 487 g/mol. The minimum Gasteiger partial charge on any atom is -0.321 e. The summed E-state index contributed by atoms with van der Waals surface area (Å²) in [7, 11) is 0. The number of amides is 1. The lowest BCUT2D eigenvalue weighted by Crippen LogP contribution is -2.22. The Labute approximate surface area is 191 Å². The summed E-state index contributed by atoms with van der Waals surface area (Å²) in [5.74, 6) is -0.460. The molecule has 0 spiro atoms. The zero-order chi connectivity index (χ0) is 23.2. The zero-order valence-electron chi connectivity index (χ0n) is 17.9. The van der Waals surface area contributed by atoms with Crippen LogP contribution in [0.1, 0.15) is 52.7 Å². The maximum absolute atomic E-state index is 13.3. The Kier molecular flexibility index (Phi) is 5.91. The van der Waals surface area contributed by atoms with E-state index in [1.165, 1.54) is 4.68 Å². The van der Waals surface area contributed by atoms with Crippen molar-refractivity contribution in [2.24, 2.45) is 0 Å². The summed E-state index contributed by atoms with van der Waals surface area (Å²) < 4.78 is 42.8. The molecule has 3 aromatic rings. The molecular formula is C22H23BrF3N5O. The fraction of sp³-hybridized carbons (Fsp3) is 0.409. The molecule has 1 aliphatic carbocycles. The predicted octanol–water partition coefficient (Wildman–Crippen LogP) is 5.35. The molecule has 0 bridgehead atoms. The van der Waals surface area contributed by atoms with Gasteiger partial charge in [-0.25, -0.2) is 0 Å². The highest BCUT2D eigenvalue weighted by Crippen LogP contribution is 2.47. The predicted molar refractivity (Wildman–Crippen MR) is 118 cm³/mol. The maximum Gasteiger partial charge on any atom is 0.436 e. The van der Waals surface area contributed by atoms with Gasteiger partial charge in [-0.05, 0) is 60.7 Å². The van der Waals surface area contributed by atoms with Crippen LogP contribution in [0.25, 0.3) is 0 Å². The highest BCUT2D eigenvalue weighted by molar-refractivity contribution is 9.10. The zero-order valence-corrected chi connectivity index (χ0v) is 19.5. The Morgan fingerprint density at radius 3 is 2.47 bits per heavy atom. The van der Waals surface area contributed by atoms with E-state index >= 15 is 0 Å². The molecule has 1 fully saturated rings. The molecule has 0 aliphatic heterocycles. The number of aryl methyl sites for hydroxylation is 2. The Balaban J connectivity index is 1.54. The van der Waals surface area contributed by atoms with Crippen LogP contribution in [0.15, 0.2) is 28.7 Å². The van der Waals surface area contributed by atoms with E-state index < -0.39 is 17.8 Å². The minimum absolute atomic E-state index is 0.0129. The van der Waals surface area contributed by atoms with Crippen molar-refractivity contribution in [2.45, 2.75) is 58.8 Å². The third-order valence-corrected chi connectivity index (χ3v) is 6.47. The summed E-state index contributed by atoms with van der Waals surface area (Å²) in [5.41, 5.74) is 3.68. The van der Waals surface area contributed by atoms with Gasteiger partial charge in [-0.1, -0.05) is 24.3 Å². The second kappa shape index (κ2) is 8.38. The number of halogens is 4. The van der Waals surface area contributed by atoms with Crippen molar-refractivity contribution in [3.05, 3.63) is 62.6 Å². The molecule has 0 saturated heterocycles. The van der Waals surface area contributed by atoms with Gasteiger partial charge in [-0.15, -0.1) is 0 Å². The number of hydrogen-bond donors (Lipinski definition) is 1. The molecule has 2 aromatic heterocycles. The van der Waals surface area contributed by atoms with Gasteiger partial charge in [0.2, 0.25) is 5.91 Å². The second-order valence-electron chi connectivity index (χ2n) is 8.16. The Bertz CT molecular complexity index is 1180. The lowest BCUT2D eigenvalue weighted by atomic mass is 10.1. The van der Waals surface area contributed by atoms with Crippen LogP contribution in [0.3, 0.4) is 0 Å². The molecule has 10 heteroatoms. The van der Waals surface area contributed by atoms with Gasteiger partial charge < -0.3 is 5.32 Å². The molecule has 0 radical (unpaired) electrons. The largest absolute Gasteiger partial charge is 0.436 e. The average Bonchev–Trinajstić information content (AvgIpc) is 3.44. The number of alkyl halides is 3. The monoisotopic (exact) mass is 509 g/mol. The smallest absolute Gasteiger partial charge is 0.321 e. The molecule has 1 N–H and O–H groups in total. The van der Waals surface area contributed by atoms with Gasteiger partial charge in [0, 0.05) is 5.92 Å². The highest BCUT2D eigenvalue weighted by atomic mass is 79.9. The Morgan fingerprint density at radius 1 is 1.16 bits per heavy atom. The van der Waals surface area contributed by atoms with E-state index in [-0.39, 0.29) is 16.9 Å². The van der Waals surface area contributed by atoms with Crippen LogP contribution in [-0.4, -0.2) is 25.5 Å². The van der Waals surface area contributed by atoms with E-state index in [0.717, 1.165) is 29.7 Å². The SMILES string of the molecule is Cc1ccccc1Cn1nc(C)c(NC(=O)Cn2nc(C(F)(F)F)c(Br)c2C2CC2)c1C. The molecule has 1 aromatic carbocycles. The summed E-state index contributed by atoms with van der Waals surface area (Å²) in [5, 5.41) is 11.1. The number of rotatable bonds is 6. The van der Waals surface area contributed by atoms with E-state index in [4.69, 9.17) is 0 Å². The molecule has 0 atom stereocenters. The molecule has 1 aliphatic rings. The molecule has 4 rings (SSSR count). The van der Waals surface area contributed by atoms with Gasteiger partial charge in [0.05, 0.1) is 33.8 Å². The first-order valence-electron chi connectivity index (χ1n) is 10.3. The third-order valence-electron chi connectivity index (χ3n) is 5.68. The van der Waals surface area contributed by atoms with Gasteiger partial charge in [0.15, 0.2) is 5.69 Å². The van der Waals surface area contributed by atoms with E-state index in [2.05, 4.69) is 31.4 Å². The van der Waals surface area contributed by atoms with Gasteiger partial charge in [-0.2, -0.15) is 23.4 Å². The second-order valence-corrected chi connectivity index (χ2v) is 8.95. The van der Waals surface area contributed by atoms with Crippen molar-refractivity contribution >= 4 is 27.5 Å². The van der Waals surface area contributed by atoms with Crippen LogP contribution >= 0.6 is 15.9 Å². The normalized spacial score (nSPS) is 14.1.